The van der Waals surface area contributed by atoms with Gasteiger partial charge in [-0.25, -0.2) is 4.98 Å². The molecule has 1 aromatic heterocycles. The van der Waals surface area contributed by atoms with Crippen molar-refractivity contribution in [1.29, 1.82) is 10.8 Å². The Kier molecular flexibility index (Phi) is 5.69. The van der Waals surface area contributed by atoms with Gasteiger partial charge in [0, 0.05) is 44.1 Å². The minimum atomic E-state index is 0.0816. The van der Waals surface area contributed by atoms with Crippen molar-refractivity contribution in [3.8, 4) is 5.75 Å². The van der Waals surface area contributed by atoms with Gasteiger partial charge in [-0.2, -0.15) is 0 Å². The van der Waals surface area contributed by atoms with E-state index in [4.69, 9.17) is 26.3 Å². The number of aromatic nitrogens is 2. The molecule has 1 aliphatic rings. The van der Waals surface area contributed by atoms with Crippen molar-refractivity contribution in [3.05, 3.63) is 71.5 Å². The van der Waals surface area contributed by atoms with Gasteiger partial charge in [0.05, 0.1) is 16.9 Å². The summed E-state index contributed by atoms with van der Waals surface area (Å²) >= 11 is 0. The zero-order valence-electron chi connectivity index (χ0n) is 19.6. The Hall–Kier alpha value is -3.87. The van der Waals surface area contributed by atoms with Gasteiger partial charge < -0.3 is 19.9 Å². The van der Waals surface area contributed by atoms with Crippen molar-refractivity contribution in [1.82, 2.24) is 14.5 Å². The van der Waals surface area contributed by atoms with E-state index in [0.717, 1.165) is 70.4 Å². The van der Waals surface area contributed by atoms with Crippen LogP contribution < -0.4 is 10.5 Å². The monoisotopic (exact) mass is 454 g/mol. The lowest BCUT2D eigenvalue weighted by Gasteiger charge is -2.32. The third kappa shape index (κ3) is 4.09. The summed E-state index contributed by atoms with van der Waals surface area (Å²) in [5.41, 5.74) is 9.72. The van der Waals surface area contributed by atoms with E-state index in [1.807, 2.05) is 50.2 Å². The van der Waals surface area contributed by atoms with Crippen molar-refractivity contribution in [2.75, 3.05) is 13.1 Å². The minimum absolute atomic E-state index is 0.0816. The normalized spacial score (nSPS) is 14.6. The summed E-state index contributed by atoms with van der Waals surface area (Å²) in [6, 6.07) is 18.3. The van der Waals surface area contributed by atoms with E-state index >= 15 is 0 Å². The van der Waals surface area contributed by atoms with Gasteiger partial charge in [-0.05, 0) is 42.3 Å². The number of nitrogen functional groups attached to an aromatic ring is 1. The highest BCUT2D eigenvalue weighted by Crippen LogP contribution is 2.28. The van der Waals surface area contributed by atoms with Gasteiger partial charge in [0.1, 0.15) is 23.5 Å². The Morgan fingerprint density at radius 2 is 1.79 bits per heavy atom. The second-order valence-corrected chi connectivity index (χ2v) is 9.02. The lowest BCUT2D eigenvalue weighted by atomic mass is 9.99. The van der Waals surface area contributed by atoms with Crippen LogP contribution in [0.2, 0.25) is 0 Å². The average molecular weight is 455 g/mol. The van der Waals surface area contributed by atoms with Crippen molar-refractivity contribution in [3.63, 3.8) is 0 Å². The van der Waals surface area contributed by atoms with Gasteiger partial charge in [-0.1, -0.05) is 36.4 Å². The summed E-state index contributed by atoms with van der Waals surface area (Å²) in [6.45, 7) is 6.29. The first-order valence-corrected chi connectivity index (χ1v) is 11.7. The summed E-state index contributed by atoms with van der Waals surface area (Å²) < 4.78 is 8.50. The molecule has 0 saturated carbocycles. The smallest absolute Gasteiger partial charge is 0.123 e. The maximum Gasteiger partial charge on any atom is 0.123 e. The lowest BCUT2D eigenvalue weighted by molar-refractivity contribution is 0.130. The number of amidine groups is 2. The minimum Gasteiger partial charge on any atom is -0.490 e. The second kappa shape index (κ2) is 8.82. The number of benzene rings is 3. The largest absolute Gasteiger partial charge is 0.490 e. The van der Waals surface area contributed by atoms with Gasteiger partial charge in [-0.3, -0.25) is 10.8 Å². The number of likely N-dealkylation sites (tertiary alicyclic amines) is 1. The molecule has 0 amide bonds. The lowest BCUT2D eigenvalue weighted by Crippen LogP contribution is -2.40. The number of nitrogens with zero attached hydrogens (tertiary/aromatic N) is 3. The van der Waals surface area contributed by atoms with Crippen molar-refractivity contribution < 1.29 is 4.74 Å². The molecule has 3 aromatic carbocycles. The number of aryl methyl sites for hydroxylation is 1. The topological polar surface area (TPSA) is 104 Å². The summed E-state index contributed by atoms with van der Waals surface area (Å²) in [5, 5.41) is 17.8. The Labute approximate surface area is 199 Å². The van der Waals surface area contributed by atoms with Crippen molar-refractivity contribution >= 4 is 33.5 Å². The van der Waals surface area contributed by atoms with Crippen LogP contribution in [0.4, 0.5) is 0 Å². The molecule has 0 aliphatic carbocycles. The van der Waals surface area contributed by atoms with Gasteiger partial charge >= 0.3 is 0 Å². The number of rotatable bonds is 5. The van der Waals surface area contributed by atoms with E-state index in [-0.39, 0.29) is 11.9 Å². The third-order valence-corrected chi connectivity index (χ3v) is 6.76. The van der Waals surface area contributed by atoms with Gasteiger partial charge in [-0.15, -0.1) is 0 Å². The second-order valence-electron chi connectivity index (χ2n) is 9.02. The van der Waals surface area contributed by atoms with Crippen LogP contribution in [0.3, 0.4) is 0 Å². The van der Waals surface area contributed by atoms with Crippen LogP contribution in [-0.2, 0) is 6.54 Å². The number of nitrogens with one attached hydrogen (secondary N) is 2. The molecule has 7 nitrogen and oxygen atoms in total. The van der Waals surface area contributed by atoms with Crippen molar-refractivity contribution in [2.45, 2.75) is 39.3 Å². The highest BCUT2D eigenvalue weighted by atomic mass is 16.5. The maximum atomic E-state index is 7.91. The van der Waals surface area contributed by atoms with Crippen LogP contribution in [0.5, 0.6) is 5.75 Å². The first kappa shape index (κ1) is 21.9. The molecular weight excluding hydrogens is 424 g/mol. The number of ether oxygens (including phenoxy) is 1. The van der Waals surface area contributed by atoms with E-state index in [0.29, 0.717) is 12.4 Å². The Morgan fingerprint density at radius 3 is 2.50 bits per heavy atom. The van der Waals surface area contributed by atoms with E-state index in [2.05, 4.69) is 27.7 Å². The Balaban J connectivity index is 1.41. The Bertz CT molecular complexity index is 1400. The van der Waals surface area contributed by atoms with Crippen LogP contribution >= 0.6 is 0 Å². The highest BCUT2D eigenvalue weighted by Gasteiger charge is 2.21. The summed E-state index contributed by atoms with van der Waals surface area (Å²) in [6.07, 6.45) is 2.01. The SMILES string of the molecule is CC(=N)N1CCC(Oc2ccc3c(c2)nc(C)n3Cc2ccc(C(=N)N)c3ccccc23)CC1. The molecular formula is C27H30N6O. The quantitative estimate of drug-likeness (QED) is 0.301. The molecule has 174 valence electrons. The molecule has 1 saturated heterocycles. The van der Waals surface area contributed by atoms with Crippen LogP contribution in [-0.4, -0.2) is 45.3 Å². The predicted octanol–water partition coefficient (Wildman–Crippen LogP) is 4.67. The van der Waals surface area contributed by atoms with Gasteiger partial charge in [0.15, 0.2) is 0 Å². The van der Waals surface area contributed by atoms with E-state index < -0.39 is 0 Å². The van der Waals surface area contributed by atoms with Gasteiger partial charge in [0.2, 0.25) is 0 Å². The average Bonchev–Trinajstić information content (AvgIpc) is 3.13. The molecule has 2 heterocycles. The zero-order chi connectivity index (χ0) is 23.8. The molecule has 5 rings (SSSR count). The number of imidazole rings is 1. The number of fused-ring (bicyclic) bond motifs is 2. The summed E-state index contributed by atoms with van der Waals surface area (Å²) in [5.74, 6) is 2.50. The Morgan fingerprint density at radius 1 is 1.06 bits per heavy atom. The van der Waals surface area contributed by atoms with Crippen LogP contribution in [0.15, 0.2) is 54.6 Å². The molecule has 0 radical (unpaired) electrons. The third-order valence-electron chi connectivity index (χ3n) is 6.76. The maximum absolute atomic E-state index is 7.91. The van der Waals surface area contributed by atoms with Crippen molar-refractivity contribution in [2.24, 2.45) is 5.73 Å². The molecule has 7 heteroatoms. The first-order chi connectivity index (χ1) is 16.4. The highest BCUT2D eigenvalue weighted by molar-refractivity contribution is 6.08. The number of hydrogen-bond donors (Lipinski definition) is 3. The fourth-order valence-electron chi connectivity index (χ4n) is 4.91. The summed E-state index contributed by atoms with van der Waals surface area (Å²) in [4.78, 5) is 6.91. The molecule has 0 spiro atoms. The predicted molar refractivity (Wildman–Crippen MR) is 137 cm³/mol. The van der Waals surface area contributed by atoms with E-state index in [1.54, 1.807) is 0 Å². The standard InChI is InChI=1S/C27H30N6O/c1-17(28)32-13-11-20(12-14-32)34-21-8-10-26-25(15-21)31-18(2)33(26)16-19-7-9-24(27(29)30)23-6-4-3-5-22(19)23/h3-10,15,20,28H,11-14,16H2,1-2H3,(H3,29,30). The molecule has 0 atom stereocenters. The number of piperidine rings is 1. The van der Waals surface area contributed by atoms with Crippen LogP contribution in [0.1, 0.15) is 36.7 Å². The molecule has 1 fully saturated rings. The van der Waals surface area contributed by atoms with E-state index in [1.165, 1.54) is 0 Å². The molecule has 0 unspecified atom stereocenters. The number of hydrogen-bond acceptors (Lipinski definition) is 4. The fraction of sp³-hybridized carbons (Fsp3) is 0.296. The van der Waals surface area contributed by atoms with E-state index in [9.17, 15) is 0 Å². The van der Waals surface area contributed by atoms with Gasteiger partial charge in [0.25, 0.3) is 0 Å². The molecule has 4 aromatic rings. The first-order valence-electron chi connectivity index (χ1n) is 11.7. The zero-order valence-corrected chi connectivity index (χ0v) is 19.6. The molecule has 0 bridgehead atoms. The molecule has 4 N–H and O–H groups in total. The molecule has 1 aliphatic heterocycles. The van der Waals surface area contributed by atoms with Crippen LogP contribution in [0, 0.1) is 17.7 Å². The number of nitrogens with two attached hydrogens (primary N) is 1. The van der Waals surface area contributed by atoms with Crippen LogP contribution in [0.25, 0.3) is 21.8 Å². The fourth-order valence-corrected chi connectivity index (χ4v) is 4.91. The summed E-state index contributed by atoms with van der Waals surface area (Å²) in [7, 11) is 0. The molecule has 34 heavy (non-hydrogen) atoms.